The number of aliphatic imine (C=N–C) groups is 1. The Balaban J connectivity index is 2.03. The van der Waals surface area contributed by atoms with Crippen molar-refractivity contribution >= 4 is 11.7 Å². The van der Waals surface area contributed by atoms with Crippen molar-refractivity contribution < 1.29 is 14.3 Å². The molecule has 0 saturated heterocycles. The third kappa shape index (κ3) is 5.51. The Kier molecular flexibility index (Phi) is 7.11. The SMILES string of the molecule is CCOC(=O)[C@H](Cc1ccnc(OC)c1)N=C(c1ccccc1)c1ccccc1. The molecule has 0 aliphatic heterocycles. The zero-order valence-electron chi connectivity index (χ0n) is 16.6. The van der Waals surface area contributed by atoms with E-state index in [9.17, 15) is 4.79 Å². The normalized spacial score (nSPS) is 11.4. The second kappa shape index (κ2) is 10.2. The fourth-order valence-electron chi connectivity index (χ4n) is 3.00. The van der Waals surface area contributed by atoms with Crippen LogP contribution in [0, 0.1) is 0 Å². The average Bonchev–Trinajstić information content (AvgIpc) is 2.78. The average molecular weight is 388 g/mol. The third-order valence-corrected chi connectivity index (χ3v) is 4.38. The van der Waals surface area contributed by atoms with Crippen molar-refractivity contribution in [3.63, 3.8) is 0 Å². The highest BCUT2D eigenvalue weighted by Crippen LogP contribution is 2.17. The molecule has 0 radical (unpaired) electrons. The van der Waals surface area contributed by atoms with Gasteiger partial charge in [-0.2, -0.15) is 0 Å². The second-order valence-corrected chi connectivity index (χ2v) is 6.39. The molecule has 148 valence electrons. The molecular weight excluding hydrogens is 364 g/mol. The van der Waals surface area contributed by atoms with Crippen molar-refractivity contribution in [1.82, 2.24) is 4.98 Å². The first kappa shape index (κ1) is 20.3. The molecule has 1 atom stereocenters. The molecule has 0 aliphatic rings. The van der Waals surface area contributed by atoms with Gasteiger partial charge in [-0.25, -0.2) is 9.78 Å². The summed E-state index contributed by atoms with van der Waals surface area (Å²) < 4.78 is 10.5. The fourth-order valence-corrected chi connectivity index (χ4v) is 3.00. The monoisotopic (exact) mass is 388 g/mol. The number of benzene rings is 2. The molecule has 5 nitrogen and oxygen atoms in total. The molecule has 2 aromatic carbocycles. The van der Waals surface area contributed by atoms with E-state index in [0.717, 1.165) is 22.4 Å². The molecule has 5 heteroatoms. The topological polar surface area (TPSA) is 60.8 Å². The molecule has 3 aromatic rings. The lowest BCUT2D eigenvalue weighted by molar-refractivity contribution is -0.144. The van der Waals surface area contributed by atoms with Crippen molar-refractivity contribution in [2.24, 2.45) is 4.99 Å². The zero-order valence-corrected chi connectivity index (χ0v) is 16.6. The van der Waals surface area contributed by atoms with Gasteiger partial charge in [0.05, 0.1) is 19.4 Å². The summed E-state index contributed by atoms with van der Waals surface area (Å²) in [6.07, 6.45) is 2.05. The van der Waals surface area contributed by atoms with Crippen LogP contribution in [0.15, 0.2) is 84.0 Å². The Bertz CT molecular complexity index is 915. The maximum absolute atomic E-state index is 12.7. The number of carbonyl (C=O) groups is 1. The first-order valence-corrected chi connectivity index (χ1v) is 9.55. The smallest absolute Gasteiger partial charge is 0.331 e. The van der Waals surface area contributed by atoms with Gasteiger partial charge in [-0.05, 0) is 18.6 Å². The Morgan fingerprint density at radius 3 is 2.17 bits per heavy atom. The van der Waals surface area contributed by atoms with E-state index in [4.69, 9.17) is 14.5 Å². The van der Waals surface area contributed by atoms with Crippen LogP contribution in [0.3, 0.4) is 0 Å². The number of methoxy groups -OCH3 is 1. The Morgan fingerprint density at radius 1 is 1.00 bits per heavy atom. The summed E-state index contributed by atoms with van der Waals surface area (Å²) in [6.45, 7) is 2.10. The van der Waals surface area contributed by atoms with Gasteiger partial charge in [-0.1, -0.05) is 60.7 Å². The minimum absolute atomic E-state index is 0.302. The standard InChI is InChI=1S/C24H24N2O3/c1-3-29-24(27)21(16-18-14-15-25-22(17-18)28-2)26-23(19-10-6-4-7-11-19)20-12-8-5-9-13-20/h4-15,17,21H,3,16H2,1-2H3/t21-/m0/s1. The molecule has 0 aliphatic carbocycles. The minimum atomic E-state index is -0.683. The number of nitrogens with zero attached hydrogens (tertiary/aromatic N) is 2. The molecule has 0 fully saturated rings. The predicted octanol–water partition coefficient (Wildman–Crippen LogP) is 4.10. The van der Waals surface area contributed by atoms with Crippen LogP contribution in [0.1, 0.15) is 23.6 Å². The van der Waals surface area contributed by atoms with Crippen LogP contribution in [-0.2, 0) is 16.0 Å². The lowest BCUT2D eigenvalue weighted by Gasteiger charge is -2.15. The van der Waals surface area contributed by atoms with Crippen LogP contribution in [0.5, 0.6) is 5.88 Å². The first-order valence-electron chi connectivity index (χ1n) is 9.55. The van der Waals surface area contributed by atoms with E-state index in [1.165, 1.54) is 0 Å². The molecule has 29 heavy (non-hydrogen) atoms. The van der Waals surface area contributed by atoms with Gasteiger partial charge in [0.25, 0.3) is 0 Å². The van der Waals surface area contributed by atoms with E-state index in [-0.39, 0.29) is 5.97 Å². The third-order valence-electron chi connectivity index (χ3n) is 4.38. The van der Waals surface area contributed by atoms with Gasteiger partial charge in [0.1, 0.15) is 0 Å². The molecule has 1 heterocycles. The fraction of sp³-hybridized carbons (Fsp3) is 0.208. The summed E-state index contributed by atoms with van der Waals surface area (Å²) in [5.74, 6) is 0.146. The number of pyridine rings is 1. The molecule has 3 rings (SSSR count). The number of hydrogen-bond acceptors (Lipinski definition) is 5. The van der Waals surface area contributed by atoms with Gasteiger partial charge in [0, 0.05) is 29.8 Å². The summed E-state index contributed by atoms with van der Waals surface area (Å²) in [5, 5.41) is 0. The number of rotatable bonds is 8. The van der Waals surface area contributed by atoms with Crippen molar-refractivity contribution in [3.05, 3.63) is 95.7 Å². The number of hydrogen-bond donors (Lipinski definition) is 0. The van der Waals surface area contributed by atoms with Crippen LogP contribution in [0.2, 0.25) is 0 Å². The van der Waals surface area contributed by atoms with Gasteiger partial charge >= 0.3 is 5.97 Å². The Hall–Kier alpha value is -3.47. The summed E-state index contributed by atoms with van der Waals surface area (Å²) >= 11 is 0. The van der Waals surface area contributed by atoms with Crippen molar-refractivity contribution in [3.8, 4) is 5.88 Å². The van der Waals surface area contributed by atoms with Crippen molar-refractivity contribution in [1.29, 1.82) is 0 Å². The number of aromatic nitrogens is 1. The second-order valence-electron chi connectivity index (χ2n) is 6.39. The van der Waals surface area contributed by atoms with Crippen LogP contribution < -0.4 is 4.74 Å². The molecular formula is C24H24N2O3. The van der Waals surface area contributed by atoms with E-state index in [1.807, 2.05) is 72.8 Å². The van der Waals surface area contributed by atoms with Gasteiger partial charge in [0.2, 0.25) is 5.88 Å². The number of ether oxygens (including phenoxy) is 2. The summed E-state index contributed by atoms with van der Waals surface area (Å²) in [5.41, 5.74) is 3.55. The van der Waals surface area contributed by atoms with Crippen molar-refractivity contribution in [2.45, 2.75) is 19.4 Å². The summed E-state index contributed by atoms with van der Waals surface area (Å²) in [6, 6.07) is 22.7. The van der Waals surface area contributed by atoms with E-state index in [2.05, 4.69) is 4.98 Å². The van der Waals surface area contributed by atoms with Crippen molar-refractivity contribution in [2.75, 3.05) is 13.7 Å². The van der Waals surface area contributed by atoms with Crippen LogP contribution in [0.4, 0.5) is 0 Å². The highest BCUT2D eigenvalue weighted by Gasteiger charge is 2.22. The minimum Gasteiger partial charge on any atom is -0.481 e. The van der Waals surface area contributed by atoms with Gasteiger partial charge < -0.3 is 9.47 Å². The summed E-state index contributed by atoms with van der Waals surface area (Å²) in [7, 11) is 1.57. The number of carbonyl (C=O) groups excluding carboxylic acids is 1. The van der Waals surface area contributed by atoms with E-state index in [0.29, 0.717) is 18.9 Å². The highest BCUT2D eigenvalue weighted by atomic mass is 16.5. The highest BCUT2D eigenvalue weighted by molar-refractivity contribution is 6.13. The first-order chi connectivity index (χ1) is 14.2. The molecule has 1 aromatic heterocycles. The molecule has 0 bridgehead atoms. The number of esters is 1. The Labute approximate surface area is 171 Å². The predicted molar refractivity (Wildman–Crippen MR) is 113 cm³/mol. The summed E-state index contributed by atoms with van der Waals surface area (Å²) in [4.78, 5) is 21.7. The quantitative estimate of drug-likeness (QED) is 0.431. The van der Waals surface area contributed by atoms with Gasteiger partial charge in [0.15, 0.2) is 6.04 Å². The molecule has 0 spiro atoms. The molecule has 0 N–H and O–H groups in total. The zero-order chi connectivity index (χ0) is 20.5. The Morgan fingerprint density at radius 2 is 1.62 bits per heavy atom. The van der Waals surface area contributed by atoms with Crippen LogP contribution >= 0.6 is 0 Å². The molecule has 0 unspecified atom stereocenters. The molecule has 0 amide bonds. The maximum Gasteiger partial charge on any atom is 0.331 e. The molecule has 0 saturated carbocycles. The van der Waals surface area contributed by atoms with E-state index in [1.54, 1.807) is 20.2 Å². The maximum atomic E-state index is 12.7. The van der Waals surface area contributed by atoms with E-state index < -0.39 is 6.04 Å². The van der Waals surface area contributed by atoms with Gasteiger partial charge in [-0.15, -0.1) is 0 Å². The van der Waals surface area contributed by atoms with Crippen LogP contribution in [0.25, 0.3) is 0 Å². The van der Waals surface area contributed by atoms with Crippen LogP contribution in [-0.4, -0.2) is 36.4 Å². The lowest BCUT2D eigenvalue weighted by atomic mass is 10.0. The van der Waals surface area contributed by atoms with Gasteiger partial charge in [-0.3, -0.25) is 4.99 Å². The lowest BCUT2D eigenvalue weighted by Crippen LogP contribution is -2.26. The largest absolute Gasteiger partial charge is 0.481 e. The van der Waals surface area contributed by atoms with E-state index >= 15 is 0 Å².